The Balaban J connectivity index is 1.86. The maximum absolute atomic E-state index is 13.4. The standard InChI is InChI=1S/C15H19FN6O/c1-10-8-13(22(2)3)21-15(20-10)19-7-6-18-14(23)11-4-5-17-9-12(11)16/h4-5,8-9H,6-7H2,1-3H3,(H,18,23)(H,19,20,21). The molecule has 2 N–H and O–H groups in total. The molecule has 8 heteroatoms. The summed E-state index contributed by atoms with van der Waals surface area (Å²) < 4.78 is 13.4. The smallest absolute Gasteiger partial charge is 0.254 e. The fourth-order valence-corrected chi connectivity index (χ4v) is 1.86. The van der Waals surface area contributed by atoms with Crippen molar-refractivity contribution < 1.29 is 9.18 Å². The van der Waals surface area contributed by atoms with E-state index in [-0.39, 0.29) is 5.56 Å². The van der Waals surface area contributed by atoms with Crippen LogP contribution in [0, 0.1) is 12.7 Å². The van der Waals surface area contributed by atoms with E-state index < -0.39 is 11.7 Å². The number of aromatic nitrogens is 3. The first-order chi connectivity index (χ1) is 11.0. The van der Waals surface area contributed by atoms with Gasteiger partial charge in [0.25, 0.3) is 5.91 Å². The van der Waals surface area contributed by atoms with Gasteiger partial charge in [0.15, 0.2) is 5.82 Å². The molecular formula is C15H19FN6O. The van der Waals surface area contributed by atoms with Crippen LogP contribution < -0.4 is 15.5 Å². The predicted octanol–water partition coefficient (Wildman–Crippen LogP) is 1.23. The molecule has 2 aromatic rings. The molecule has 0 radical (unpaired) electrons. The second-order valence-corrected chi connectivity index (χ2v) is 5.12. The Bertz CT molecular complexity index is 691. The SMILES string of the molecule is Cc1cc(N(C)C)nc(NCCNC(=O)c2ccncc2F)n1. The maximum Gasteiger partial charge on any atom is 0.254 e. The van der Waals surface area contributed by atoms with Crippen LogP contribution in [0.1, 0.15) is 16.1 Å². The fourth-order valence-electron chi connectivity index (χ4n) is 1.86. The lowest BCUT2D eigenvalue weighted by molar-refractivity contribution is 0.0951. The van der Waals surface area contributed by atoms with E-state index in [0.717, 1.165) is 17.7 Å². The molecule has 0 aliphatic rings. The molecule has 7 nitrogen and oxygen atoms in total. The van der Waals surface area contributed by atoms with Gasteiger partial charge in [0.1, 0.15) is 5.82 Å². The molecule has 23 heavy (non-hydrogen) atoms. The number of hydrogen-bond acceptors (Lipinski definition) is 6. The average molecular weight is 318 g/mol. The van der Waals surface area contributed by atoms with E-state index >= 15 is 0 Å². The van der Waals surface area contributed by atoms with Gasteiger partial charge in [0, 0.05) is 45.1 Å². The number of carbonyl (C=O) groups excluding carboxylic acids is 1. The molecule has 0 aliphatic heterocycles. The van der Waals surface area contributed by atoms with Gasteiger partial charge in [-0.15, -0.1) is 0 Å². The molecular weight excluding hydrogens is 299 g/mol. The van der Waals surface area contributed by atoms with Crippen LogP contribution in [0.3, 0.4) is 0 Å². The number of carbonyl (C=O) groups is 1. The second-order valence-electron chi connectivity index (χ2n) is 5.12. The zero-order chi connectivity index (χ0) is 16.8. The Morgan fingerprint density at radius 3 is 2.78 bits per heavy atom. The summed E-state index contributed by atoms with van der Waals surface area (Å²) in [6.07, 6.45) is 2.39. The lowest BCUT2D eigenvalue weighted by Gasteiger charge is -2.14. The zero-order valence-electron chi connectivity index (χ0n) is 13.3. The number of amides is 1. The van der Waals surface area contributed by atoms with Crippen molar-refractivity contribution in [1.29, 1.82) is 0 Å². The molecule has 1 amide bonds. The van der Waals surface area contributed by atoms with E-state index in [1.807, 2.05) is 32.0 Å². The van der Waals surface area contributed by atoms with Gasteiger partial charge in [-0.25, -0.2) is 9.37 Å². The van der Waals surface area contributed by atoms with E-state index in [9.17, 15) is 9.18 Å². The molecule has 0 aromatic carbocycles. The van der Waals surface area contributed by atoms with Crippen LogP contribution in [0.5, 0.6) is 0 Å². The van der Waals surface area contributed by atoms with Gasteiger partial charge in [-0.3, -0.25) is 9.78 Å². The van der Waals surface area contributed by atoms with Crippen molar-refractivity contribution in [3.05, 3.63) is 41.6 Å². The number of rotatable bonds is 6. The van der Waals surface area contributed by atoms with E-state index in [1.54, 1.807) is 0 Å². The zero-order valence-corrected chi connectivity index (χ0v) is 13.3. The largest absolute Gasteiger partial charge is 0.363 e. The van der Waals surface area contributed by atoms with Gasteiger partial charge in [-0.05, 0) is 13.0 Å². The van der Waals surface area contributed by atoms with Crippen molar-refractivity contribution in [1.82, 2.24) is 20.3 Å². The maximum atomic E-state index is 13.4. The molecule has 0 atom stereocenters. The van der Waals surface area contributed by atoms with E-state index in [4.69, 9.17) is 0 Å². The molecule has 0 bridgehead atoms. The molecule has 0 saturated heterocycles. The molecule has 2 rings (SSSR count). The lowest BCUT2D eigenvalue weighted by atomic mass is 10.2. The summed E-state index contributed by atoms with van der Waals surface area (Å²) >= 11 is 0. The van der Waals surface area contributed by atoms with Crippen LogP contribution in [0.25, 0.3) is 0 Å². The highest BCUT2D eigenvalue weighted by atomic mass is 19.1. The summed E-state index contributed by atoms with van der Waals surface area (Å²) in [5.41, 5.74) is 0.816. The Kier molecular flexibility index (Phi) is 5.40. The van der Waals surface area contributed by atoms with E-state index in [0.29, 0.717) is 19.0 Å². The highest BCUT2D eigenvalue weighted by Gasteiger charge is 2.10. The predicted molar refractivity (Wildman–Crippen MR) is 86.1 cm³/mol. The molecule has 0 unspecified atom stereocenters. The van der Waals surface area contributed by atoms with Crippen LogP contribution >= 0.6 is 0 Å². The fraction of sp³-hybridized carbons (Fsp3) is 0.333. The Morgan fingerprint density at radius 2 is 2.09 bits per heavy atom. The van der Waals surface area contributed by atoms with Crippen molar-refractivity contribution in [3.63, 3.8) is 0 Å². The highest BCUT2D eigenvalue weighted by molar-refractivity contribution is 5.94. The minimum atomic E-state index is -0.643. The van der Waals surface area contributed by atoms with Crippen molar-refractivity contribution in [2.45, 2.75) is 6.92 Å². The average Bonchev–Trinajstić information content (AvgIpc) is 2.51. The number of aryl methyl sites for hydroxylation is 1. The third kappa shape index (κ3) is 4.60. The van der Waals surface area contributed by atoms with Gasteiger partial charge < -0.3 is 15.5 Å². The van der Waals surface area contributed by atoms with E-state index in [2.05, 4.69) is 25.6 Å². The molecule has 122 valence electrons. The summed E-state index contributed by atoms with van der Waals surface area (Å²) in [6, 6.07) is 3.21. The van der Waals surface area contributed by atoms with Crippen molar-refractivity contribution >= 4 is 17.7 Å². The quantitative estimate of drug-likeness (QED) is 0.780. The van der Waals surface area contributed by atoms with Crippen LogP contribution in [-0.2, 0) is 0 Å². The van der Waals surface area contributed by atoms with Gasteiger partial charge in [-0.1, -0.05) is 0 Å². The monoisotopic (exact) mass is 318 g/mol. The lowest BCUT2D eigenvalue weighted by Crippen LogP contribution is -2.29. The van der Waals surface area contributed by atoms with Crippen molar-refractivity contribution in [2.24, 2.45) is 0 Å². The summed E-state index contributed by atoms with van der Waals surface area (Å²) in [6.45, 7) is 2.62. The van der Waals surface area contributed by atoms with E-state index in [1.165, 1.54) is 12.3 Å². The molecule has 0 spiro atoms. The van der Waals surface area contributed by atoms with Crippen LogP contribution in [0.4, 0.5) is 16.2 Å². The normalized spacial score (nSPS) is 10.3. The van der Waals surface area contributed by atoms with Crippen molar-refractivity contribution in [2.75, 3.05) is 37.4 Å². The first-order valence-electron chi connectivity index (χ1n) is 7.12. The van der Waals surface area contributed by atoms with Gasteiger partial charge in [0.05, 0.1) is 11.8 Å². The molecule has 2 heterocycles. The van der Waals surface area contributed by atoms with Crippen LogP contribution in [0.2, 0.25) is 0 Å². The summed E-state index contributed by atoms with van der Waals surface area (Å²) in [4.78, 5) is 25.9. The molecule has 0 fully saturated rings. The number of nitrogens with zero attached hydrogens (tertiary/aromatic N) is 4. The third-order valence-corrected chi connectivity index (χ3v) is 3.01. The topological polar surface area (TPSA) is 83.0 Å². The van der Waals surface area contributed by atoms with Crippen molar-refractivity contribution in [3.8, 4) is 0 Å². The molecule has 0 saturated carbocycles. The second kappa shape index (κ2) is 7.48. The summed E-state index contributed by atoms with van der Waals surface area (Å²) in [5.74, 6) is 0.155. The number of hydrogen-bond donors (Lipinski definition) is 2. The minimum absolute atomic E-state index is 0.0262. The summed E-state index contributed by atoms with van der Waals surface area (Å²) in [7, 11) is 3.80. The highest BCUT2D eigenvalue weighted by Crippen LogP contribution is 2.11. The summed E-state index contributed by atoms with van der Waals surface area (Å²) in [5, 5.41) is 5.66. The number of anilines is 2. The number of pyridine rings is 1. The molecule has 0 aliphatic carbocycles. The van der Waals surface area contributed by atoms with Crippen LogP contribution in [-0.4, -0.2) is 48.0 Å². The first kappa shape index (κ1) is 16.6. The minimum Gasteiger partial charge on any atom is -0.363 e. The van der Waals surface area contributed by atoms with Gasteiger partial charge >= 0.3 is 0 Å². The Hall–Kier alpha value is -2.77. The Morgan fingerprint density at radius 1 is 1.30 bits per heavy atom. The van der Waals surface area contributed by atoms with Gasteiger partial charge in [0.2, 0.25) is 5.95 Å². The number of nitrogens with one attached hydrogen (secondary N) is 2. The van der Waals surface area contributed by atoms with Gasteiger partial charge in [-0.2, -0.15) is 4.98 Å². The number of halogens is 1. The van der Waals surface area contributed by atoms with Crippen LogP contribution in [0.15, 0.2) is 24.5 Å². The third-order valence-electron chi connectivity index (χ3n) is 3.01. The Labute approximate surface area is 134 Å². The molecule has 2 aromatic heterocycles. The first-order valence-corrected chi connectivity index (χ1v) is 7.12.